The quantitative estimate of drug-likeness (QED) is 0.195. The number of benzene rings is 3. The van der Waals surface area contributed by atoms with Crippen LogP contribution in [-0.2, 0) is 14.4 Å². The van der Waals surface area contributed by atoms with Crippen molar-refractivity contribution in [1.29, 1.82) is 0 Å². The summed E-state index contributed by atoms with van der Waals surface area (Å²) in [4.78, 5) is 58.6. The van der Waals surface area contributed by atoms with E-state index in [0.29, 0.717) is 29.5 Å². The fraction of sp³-hybridized carbons (Fsp3) is 0.333. The Morgan fingerprint density at radius 2 is 1.69 bits per heavy atom. The number of aromatic nitrogens is 1. The van der Waals surface area contributed by atoms with Crippen LogP contribution in [-0.4, -0.2) is 41.2 Å². The highest BCUT2D eigenvalue weighted by atomic mass is 79.9. The lowest BCUT2D eigenvalue weighted by Crippen LogP contribution is -2.42. The third-order valence-electron chi connectivity index (χ3n) is 10.1. The maximum atomic E-state index is 14.0. The van der Waals surface area contributed by atoms with Gasteiger partial charge in [-0.2, -0.15) is 0 Å². The van der Waals surface area contributed by atoms with Crippen LogP contribution >= 0.6 is 39.0 Å². The Labute approximate surface area is 293 Å². The van der Waals surface area contributed by atoms with E-state index < -0.39 is 5.92 Å². The van der Waals surface area contributed by atoms with E-state index in [0.717, 1.165) is 31.9 Å². The Kier molecular flexibility index (Phi) is 8.00. The van der Waals surface area contributed by atoms with Crippen LogP contribution in [0.25, 0.3) is 0 Å². The number of halogens is 1. The average Bonchev–Trinajstić information content (AvgIpc) is 3.81. The van der Waals surface area contributed by atoms with E-state index in [1.165, 1.54) is 16.2 Å². The molecule has 4 aliphatic rings. The van der Waals surface area contributed by atoms with Gasteiger partial charge < -0.3 is 19.8 Å². The van der Waals surface area contributed by atoms with Gasteiger partial charge in [-0.25, -0.2) is 0 Å². The molecule has 12 heteroatoms. The minimum absolute atomic E-state index is 0.0123. The van der Waals surface area contributed by atoms with Crippen LogP contribution in [0.1, 0.15) is 35.3 Å². The number of nitrogens with zero attached hydrogens (tertiary/aromatic N) is 1. The van der Waals surface area contributed by atoms with Crippen LogP contribution in [0, 0.1) is 36.5 Å². The molecule has 7 atom stereocenters. The largest absolute Gasteiger partial charge is 0.490 e. The molecule has 1 saturated heterocycles. The van der Waals surface area contributed by atoms with E-state index in [9.17, 15) is 19.2 Å². The van der Waals surface area contributed by atoms with Crippen LogP contribution < -0.4 is 24.6 Å². The van der Waals surface area contributed by atoms with Gasteiger partial charge in [0.15, 0.2) is 18.1 Å². The molecule has 2 saturated carbocycles. The number of aromatic amines is 1. The zero-order chi connectivity index (χ0) is 33.3. The summed E-state index contributed by atoms with van der Waals surface area (Å²) in [6, 6.07) is 20.6. The lowest BCUT2D eigenvalue weighted by Gasteiger charge is -2.43. The number of anilines is 2. The summed E-state index contributed by atoms with van der Waals surface area (Å²) in [5.74, 6) is -0.466. The monoisotopic (exact) mass is 745 g/mol. The van der Waals surface area contributed by atoms with Crippen molar-refractivity contribution < 1.29 is 23.9 Å². The second kappa shape index (κ2) is 12.2. The number of thioether (sulfide) groups is 1. The highest BCUT2D eigenvalue weighted by molar-refractivity contribution is 9.10. The number of ether oxygens (including phenoxy) is 2. The van der Waals surface area contributed by atoms with E-state index in [1.807, 2.05) is 68.4 Å². The van der Waals surface area contributed by atoms with E-state index in [-0.39, 0.29) is 64.0 Å². The molecule has 3 aromatic carbocycles. The van der Waals surface area contributed by atoms with Crippen molar-refractivity contribution in [2.24, 2.45) is 29.6 Å². The normalized spacial score (nSPS) is 26.6. The van der Waals surface area contributed by atoms with Crippen molar-refractivity contribution in [3.05, 3.63) is 96.9 Å². The third-order valence-corrected chi connectivity index (χ3v) is 13.2. The molecule has 2 N–H and O–H groups in total. The first-order chi connectivity index (χ1) is 23.2. The molecule has 4 aromatic rings. The second-order valence-electron chi connectivity index (χ2n) is 12.8. The molecule has 3 fully saturated rings. The Morgan fingerprint density at radius 1 is 0.958 bits per heavy atom. The van der Waals surface area contributed by atoms with Gasteiger partial charge in [0.05, 0.1) is 29.2 Å². The Balaban J connectivity index is 1.10. The van der Waals surface area contributed by atoms with Crippen molar-refractivity contribution in [2.45, 2.75) is 36.5 Å². The molecule has 3 amide bonds. The van der Waals surface area contributed by atoms with Gasteiger partial charge in [-0.05, 0) is 92.1 Å². The smallest absolute Gasteiger partial charge is 0.305 e. The summed E-state index contributed by atoms with van der Waals surface area (Å²) >= 11 is 6.31. The molecule has 2 aliphatic carbocycles. The number of hydrogen-bond acceptors (Lipinski definition) is 8. The first-order valence-corrected chi connectivity index (χ1v) is 18.5. The number of nitrogens with one attached hydrogen (secondary N) is 2. The second-order valence-corrected chi connectivity index (χ2v) is 15.9. The molecule has 48 heavy (non-hydrogen) atoms. The fourth-order valence-electron chi connectivity index (χ4n) is 8.32. The molecular formula is C36H32BrN3O6S2. The minimum Gasteiger partial charge on any atom is -0.490 e. The number of carbonyl (C=O) groups is 3. The van der Waals surface area contributed by atoms with Crippen molar-refractivity contribution in [2.75, 3.05) is 23.4 Å². The molecular weight excluding hydrogens is 714 g/mol. The molecule has 1 aromatic heterocycles. The van der Waals surface area contributed by atoms with E-state index in [1.54, 1.807) is 23.9 Å². The maximum absolute atomic E-state index is 14.0. The number of H-pyrrole nitrogens is 1. The molecule has 9 nitrogen and oxygen atoms in total. The zero-order valence-corrected chi connectivity index (χ0v) is 29.3. The van der Waals surface area contributed by atoms with Gasteiger partial charge in [-0.15, -0.1) is 11.8 Å². The predicted octanol–water partition coefficient (Wildman–Crippen LogP) is 6.60. The van der Waals surface area contributed by atoms with Crippen molar-refractivity contribution in [3.63, 3.8) is 0 Å². The Morgan fingerprint density at radius 3 is 2.42 bits per heavy atom. The van der Waals surface area contributed by atoms with E-state index in [2.05, 4.69) is 26.2 Å². The highest BCUT2D eigenvalue weighted by Gasteiger charge is 2.69. The van der Waals surface area contributed by atoms with Gasteiger partial charge in [-0.3, -0.25) is 24.1 Å². The molecule has 3 heterocycles. The van der Waals surface area contributed by atoms with Gasteiger partial charge in [0.25, 0.3) is 5.91 Å². The molecule has 2 bridgehead atoms. The van der Waals surface area contributed by atoms with Gasteiger partial charge in [0.2, 0.25) is 11.8 Å². The first kappa shape index (κ1) is 31.4. The number of aryl methyl sites for hydroxylation is 1. The number of rotatable bonds is 8. The van der Waals surface area contributed by atoms with Crippen molar-refractivity contribution in [3.8, 4) is 11.5 Å². The summed E-state index contributed by atoms with van der Waals surface area (Å²) in [5, 5.41) is 3.76. The third kappa shape index (κ3) is 5.19. The highest BCUT2D eigenvalue weighted by Crippen LogP contribution is 2.68. The zero-order valence-electron chi connectivity index (χ0n) is 26.1. The summed E-state index contributed by atoms with van der Waals surface area (Å²) in [5.41, 5.74) is 3.34. The van der Waals surface area contributed by atoms with Crippen LogP contribution in [0.3, 0.4) is 0 Å². The van der Waals surface area contributed by atoms with Gasteiger partial charge in [0, 0.05) is 26.2 Å². The summed E-state index contributed by atoms with van der Waals surface area (Å²) < 4.78 is 12.9. The minimum atomic E-state index is -0.395. The van der Waals surface area contributed by atoms with Crippen LogP contribution in [0.5, 0.6) is 11.5 Å². The summed E-state index contributed by atoms with van der Waals surface area (Å²) in [6.45, 7) is 4.07. The Hall–Kier alpha value is -3.87. The number of fused-ring (bicyclic) bond motifs is 9. The topological polar surface area (TPSA) is 118 Å². The van der Waals surface area contributed by atoms with Gasteiger partial charge in [-0.1, -0.05) is 51.0 Å². The fourth-order valence-corrected chi connectivity index (χ4v) is 11.5. The van der Waals surface area contributed by atoms with Crippen LogP contribution in [0.4, 0.5) is 11.4 Å². The summed E-state index contributed by atoms with van der Waals surface area (Å²) in [6.07, 6.45) is 0.800. The number of amides is 3. The molecule has 4 unspecified atom stereocenters. The molecule has 2 aliphatic heterocycles. The standard InChI is InChI=1S/C36H32BrN3O6S2/c1-3-45-25-14-18(6-13-24(25)46-16-26(41)38-20-9-4-17(2)5-10-20)27-28-22-15-23(31(28)47-33-32(27)48-36(44)39-33)30-29(22)34(42)40(35(30)43)21-11-7-19(37)8-12-21/h4-14,22-23,27-31H,3,15-16H2,1-2H3,(H,38,41)(H,39,44)/t22-,23-,27-,28?,29?,30?,31?/m1/s1. The maximum Gasteiger partial charge on any atom is 0.305 e. The number of carbonyl (C=O) groups excluding carboxylic acids is 3. The molecule has 8 rings (SSSR count). The lowest BCUT2D eigenvalue weighted by molar-refractivity contribution is -0.123. The SMILES string of the molecule is CCOc1cc([C@H]2c3sc(=O)[nH]c3SC3C2[C@H]2C[C@@H]3C3C(=O)N(c4ccc(Br)cc4)C(=O)C32)ccc1OCC(=O)Nc1ccc(C)cc1. The predicted molar refractivity (Wildman–Crippen MR) is 188 cm³/mol. The van der Waals surface area contributed by atoms with Crippen LogP contribution in [0.15, 0.2) is 81.0 Å². The van der Waals surface area contributed by atoms with Gasteiger partial charge >= 0.3 is 4.87 Å². The number of thiazole rings is 1. The Bertz CT molecular complexity index is 1990. The molecule has 0 radical (unpaired) electrons. The van der Waals surface area contributed by atoms with E-state index in [4.69, 9.17) is 9.47 Å². The van der Waals surface area contributed by atoms with E-state index >= 15 is 0 Å². The lowest BCUT2D eigenvalue weighted by atomic mass is 9.68. The number of hydrogen-bond donors (Lipinski definition) is 2. The summed E-state index contributed by atoms with van der Waals surface area (Å²) in [7, 11) is 0. The van der Waals surface area contributed by atoms with Crippen molar-refractivity contribution in [1.82, 2.24) is 4.98 Å². The van der Waals surface area contributed by atoms with Crippen molar-refractivity contribution >= 4 is 68.1 Å². The first-order valence-electron chi connectivity index (χ1n) is 16.0. The molecule has 0 spiro atoms. The molecule has 246 valence electrons. The van der Waals surface area contributed by atoms with Gasteiger partial charge in [0.1, 0.15) is 0 Å². The van der Waals surface area contributed by atoms with Crippen LogP contribution in [0.2, 0.25) is 0 Å². The average molecular weight is 747 g/mol. The number of imide groups is 1.